The minimum Gasteiger partial charge on any atom is -0.481 e. The fraction of sp³-hybridized carbons (Fsp3) is 0.208. The first-order chi connectivity index (χ1) is 15.0. The highest BCUT2D eigenvalue weighted by Gasteiger charge is 2.18. The number of carbonyl (C=O) groups excluding carboxylic acids is 1. The van der Waals surface area contributed by atoms with E-state index in [1.807, 2.05) is 26.8 Å². The van der Waals surface area contributed by atoms with E-state index in [-0.39, 0.29) is 10.8 Å². The zero-order valence-electron chi connectivity index (χ0n) is 18.3. The van der Waals surface area contributed by atoms with Gasteiger partial charge in [-0.25, -0.2) is 8.42 Å². The van der Waals surface area contributed by atoms with E-state index in [1.165, 1.54) is 24.3 Å². The third-order valence-electron chi connectivity index (χ3n) is 4.79. The smallest absolute Gasteiger partial charge is 0.265 e. The molecule has 0 saturated carbocycles. The van der Waals surface area contributed by atoms with Crippen LogP contribution in [0.2, 0.25) is 5.02 Å². The summed E-state index contributed by atoms with van der Waals surface area (Å²) in [7, 11) is -3.74. The first-order valence-electron chi connectivity index (χ1n) is 9.99. The predicted octanol–water partition coefficient (Wildman–Crippen LogP) is 5.47. The predicted molar refractivity (Wildman–Crippen MR) is 128 cm³/mol. The van der Waals surface area contributed by atoms with Crippen molar-refractivity contribution in [1.82, 2.24) is 0 Å². The van der Waals surface area contributed by atoms with Crippen LogP contribution >= 0.6 is 11.6 Å². The Morgan fingerprint density at radius 2 is 1.56 bits per heavy atom. The molecule has 168 valence electrons. The number of anilines is 2. The number of benzene rings is 3. The van der Waals surface area contributed by atoms with Crippen molar-refractivity contribution in [2.45, 2.75) is 38.7 Å². The molecule has 0 fully saturated rings. The summed E-state index contributed by atoms with van der Waals surface area (Å²) in [4.78, 5) is 12.6. The van der Waals surface area contributed by atoms with Gasteiger partial charge in [0.1, 0.15) is 5.75 Å². The number of sulfonamides is 1. The molecule has 3 aromatic carbocycles. The van der Waals surface area contributed by atoms with Gasteiger partial charge < -0.3 is 10.1 Å². The van der Waals surface area contributed by atoms with Gasteiger partial charge in [0.05, 0.1) is 4.90 Å². The van der Waals surface area contributed by atoms with Crippen LogP contribution in [-0.2, 0) is 14.8 Å². The van der Waals surface area contributed by atoms with E-state index in [0.29, 0.717) is 22.1 Å². The highest BCUT2D eigenvalue weighted by atomic mass is 35.5. The lowest BCUT2D eigenvalue weighted by molar-refractivity contribution is -0.122. The Morgan fingerprint density at radius 1 is 0.938 bits per heavy atom. The van der Waals surface area contributed by atoms with Crippen LogP contribution < -0.4 is 14.8 Å². The normalized spacial score (nSPS) is 12.2. The summed E-state index contributed by atoms with van der Waals surface area (Å²) < 4.78 is 33.5. The van der Waals surface area contributed by atoms with E-state index in [9.17, 15) is 13.2 Å². The fourth-order valence-corrected chi connectivity index (χ4v) is 4.27. The first kappa shape index (κ1) is 23.6. The summed E-state index contributed by atoms with van der Waals surface area (Å²) in [6.07, 6.45) is -0.763. The number of carbonyl (C=O) groups is 1. The average molecular weight is 473 g/mol. The quantitative estimate of drug-likeness (QED) is 0.477. The molecule has 3 aromatic rings. The number of rotatable bonds is 7. The highest BCUT2D eigenvalue weighted by Crippen LogP contribution is 2.26. The second kappa shape index (κ2) is 9.63. The summed E-state index contributed by atoms with van der Waals surface area (Å²) in [6.45, 7) is 7.27. The molecule has 0 bridgehead atoms. The summed E-state index contributed by atoms with van der Waals surface area (Å²) in [6, 6.07) is 16.6. The number of ether oxygens (including phenoxy) is 1. The standard InChI is InChI=1S/C24H25ClN2O4S/c1-15-6-5-7-20(12-15)27-32(29,30)22-10-8-19(9-11-22)26-24(28)18(4)31-21-13-16(2)23(25)17(3)14-21/h5-14,18,27H,1-4H3,(H,26,28)/t18-/m0/s1. The van der Waals surface area contributed by atoms with Gasteiger partial charge in [-0.3, -0.25) is 9.52 Å². The number of aryl methyl sites for hydroxylation is 3. The molecule has 2 N–H and O–H groups in total. The summed E-state index contributed by atoms with van der Waals surface area (Å²) in [5, 5.41) is 3.40. The van der Waals surface area contributed by atoms with Crippen molar-refractivity contribution < 1.29 is 17.9 Å². The molecular weight excluding hydrogens is 448 g/mol. The number of hydrogen-bond donors (Lipinski definition) is 2. The van der Waals surface area contributed by atoms with Crippen molar-refractivity contribution in [2.75, 3.05) is 10.0 Å². The van der Waals surface area contributed by atoms with E-state index in [2.05, 4.69) is 10.0 Å². The second-order valence-corrected chi connectivity index (χ2v) is 9.68. The number of hydrogen-bond acceptors (Lipinski definition) is 4. The van der Waals surface area contributed by atoms with Gasteiger partial charge in [0.25, 0.3) is 15.9 Å². The molecule has 1 atom stereocenters. The minimum atomic E-state index is -3.74. The molecule has 0 aliphatic heterocycles. The first-order valence-corrected chi connectivity index (χ1v) is 11.8. The average Bonchev–Trinajstić information content (AvgIpc) is 2.72. The fourth-order valence-electron chi connectivity index (χ4n) is 3.12. The van der Waals surface area contributed by atoms with Gasteiger partial charge in [0, 0.05) is 16.4 Å². The molecule has 0 heterocycles. The van der Waals surface area contributed by atoms with E-state index in [1.54, 1.807) is 37.3 Å². The molecule has 1 amide bonds. The third-order valence-corrected chi connectivity index (χ3v) is 6.79. The molecule has 32 heavy (non-hydrogen) atoms. The Morgan fingerprint density at radius 3 is 2.16 bits per heavy atom. The Labute approximate surface area is 193 Å². The van der Waals surface area contributed by atoms with Gasteiger partial charge in [-0.2, -0.15) is 0 Å². The lowest BCUT2D eigenvalue weighted by Gasteiger charge is -2.16. The molecule has 8 heteroatoms. The molecule has 6 nitrogen and oxygen atoms in total. The van der Waals surface area contributed by atoms with Gasteiger partial charge in [0.15, 0.2) is 6.10 Å². The molecule has 3 rings (SSSR count). The van der Waals surface area contributed by atoms with Crippen LogP contribution in [0.15, 0.2) is 65.6 Å². The molecule has 0 unspecified atom stereocenters. The minimum absolute atomic E-state index is 0.0911. The molecule has 0 spiro atoms. The van der Waals surface area contributed by atoms with E-state index < -0.39 is 16.1 Å². The Hall–Kier alpha value is -3.03. The maximum Gasteiger partial charge on any atom is 0.265 e. The van der Waals surface area contributed by atoms with Crippen molar-refractivity contribution in [3.63, 3.8) is 0 Å². The van der Waals surface area contributed by atoms with Crippen LogP contribution in [0.1, 0.15) is 23.6 Å². The molecule has 0 saturated heterocycles. The molecule has 0 aromatic heterocycles. The van der Waals surface area contributed by atoms with Crippen molar-refractivity contribution in [3.05, 3.63) is 82.4 Å². The third kappa shape index (κ3) is 5.81. The second-order valence-electron chi connectivity index (χ2n) is 7.62. The van der Waals surface area contributed by atoms with Crippen molar-refractivity contribution in [3.8, 4) is 5.75 Å². The Kier molecular flexibility index (Phi) is 7.11. The molecule has 0 radical (unpaired) electrons. The van der Waals surface area contributed by atoms with Crippen LogP contribution in [0.25, 0.3) is 0 Å². The van der Waals surface area contributed by atoms with Gasteiger partial charge in [-0.15, -0.1) is 0 Å². The topological polar surface area (TPSA) is 84.5 Å². The van der Waals surface area contributed by atoms with Gasteiger partial charge >= 0.3 is 0 Å². The van der Waals surface area contributed by atoms with Crippen LogP contribution in [0, 0.1) is 20.8 Å². The highest BCUT2D eigenvalue weighted by molar-refractivity contribution is 7.92. The van der Waals surface area contributed by atoms with Crippen LogP contribution in [0.4, 0.5) is 11.4 Å². The van der Waals surface area contributed by atoms with E-state index in [4.69, 9.17) is 16.3 Å². The summed E-state index contributed by atoms with van der Waals surface area (Å²) in [5.41, 5.74) is 3.63. The monoisotopic (exact) mass is 472 g/mol. The van der Waals surface area contributed by atoms with Gasteiger partial charge in [-0.05, 0) is 92.9 Å². The van der Waals surface area contributed by atoms with Crippen molar-refractivity contribution in [1.29, 1.82) is 0 Å². The van der Waals surface area contributed by atoms with Gasteiger partial charge in [0.2, 0.25) is 0 Å². The lowest BCUT2D eigenvalue weighted by Crippen LogP contribution is -2.30. The maximum atomic E-state index is 12.6. The zero-order valence-corrected chi connectivity index (χ0v) is 19.8. The molecule has 0 aliphatic rings. The van der Waals surface area contributed by atoms with E-state index in [0.717, 1.165) is 16.7 Å². The molecule has 0 aliphatic carbocycles. The number of nitrogens with one attached hydrogen (secondary N) is 2. The van der Waals surface area contributed by atoms with Crippen LogP contribution in [-0.4, -0.2) is 20.4 Å². The summed E-state index contributed by atoms with van der Waals surface area (Å²) in [5.74, 6) is 0.194. The summed E-state index contributed by atoms with van der Waals surface area (Å²) >= 11 is 6.17. The number of halogens is 1. The zero-order chi connectivity index (χ0) is 23.5. The SMILES string of the molecule is Cc1cccc(NS(=O)(=O)c2ccc(NC(=O)[C@H](C)Oc3cc(C)c(Cl)c(C)c3)cc2)c1. The van der Waals surface area contributed by atoms with E-state index >= 15 is 0 Å². The van der Waals surface area contributed by atoms with Crippen LogP contribution in [0.3, 0.4) is 0 Å². The number of amides is 1. The lowest BCUT2D eigenvalue weighted by atomic mass is 10.1. The van der Waals surface area contributed by atoms with Gasteiger partial charge in [-0.1, -0.05) is 23.7 Å². The Balaban J connectivity index is 1.65. The van der Waals surface area contributed by atoms with Crippen molar-refractivity contribution >= 4 is 38.9 Å². The Bertz CT molecular complexity index is 1220. The largest absolute Gasteiger partial charge is 0.481 e. The van der Waals surface area contributed by atoms with Crippen LogP contribution in [0.5, 0.6) is 5.75 Å². The molecular formula is C24H25ClN2O4S. The maximum absolute atomic E-state index is 12.6. The van der Waals surface area contributed by atoms with Crippen molar-refractivity contribution in [2.24, 2.45) is 0 Å².